The summed E-state index contributed by atoms with van der Waals surface area (Å²) in [6, 6.07) is 2.23. The van der Waals surface area contributed by atoms with Gasteiger partial charge in [-0.2, -0.15) is 0 Å². The maximum atomic E-state index is 5.66. The number of hydrogen-bond acceptors (Lipinski definition) is 3. The quantitative estimate of drug-likeness (QED) is 0.682. The first kappa shape index (κ1) is 9.16. The maximum Gasteiger partial charge on any atom is 0.0312 e. The predicted molar refractivity (Wildman–Crippen MR) is 49.5 cm³/mol. The largest absolute Gasteiger partial charge is 0.328 e. The first-order valence-electron chi connectivity index (χ1n) is 4.11. The van der Waals surface area contributed by atoms with Gasteiger partial charge in [0.2, 0.25) is 0 Å². The van der Waals surface area contributed by atoms with E-state index in [0.717, 1.165) is 17.5 Å². The fraction of sp³-hybridized carbons (Fsp3) is 0.444. The lowest BCUT2D eigenvalue weighted by molar-refractivity contribution is 0.734. The van der Waals surface area contributed by atoms with E-state index in [9.17, 15) is 0 Å². The third kappa shape index (κ3) is 2.60. The van der Waals surface area contributed by atoms with Gasteiger partial charge in [-0.3, -0.25) is 4.98 Å². The molecule has 1 atom stereocenters. The Hall–Kier alpha value is -0.930. The van der Waals surface area contributed by atoms with Crippen LogP contribution in [0.3, 0.4) is 0 Å². The van der Waals surface area contributed by atoms with Crippen LogP contribution in [0.25, 0.3) is 0 Å². The van der Waals surface area contributed by atoms with E-state index in [0.29, 0.717) is 6.54 Å². The summed E-state index contributed by atoms with van der Waals surface area (Å²) in [5.74, 6) is 0. The number of hydrogen-bond donors (Lipinski definition) is 2. The normalized spacial score (nSPS) is 12.9. The maximum absolute atomic E-state index is 5.66. The average molecular weight is 165 g/mol. The fourth-order valence-electron chi connectivity index (χ4n) is 1.14. The van der Waals surface area contributed by atoms with Crippen LogP contribution in [0.1, 0.15) is 18.1 Å². The Morgan fingerprint density at radius 3 is 2.67 bits per heavy atom. The van der Waals surface area contributed by atoms with E-state index >= 15 is 0 Å². The predicted octanol–water partition coefficient (Wildman–Crippen LogP) is 0.430. The van der Waals surface area contributed by atoms with Gasteiger partial charge in [-0.1, -0.05) is 6.07 Å². The molecule has 0 bridgehead atoms. The Morgan fingerprint density at radius 2 is 2.08 bits per heavy atom. The summed E-state index contributed by atoms with van der Waals surface area (Å²) in [4.78, 5) is 4.07. The average Bonchev–Trinajstić information content (AvgIpc) is 2.03. The molecule has 1 unspecified atom stereocenters. The number of aromatic nitrogens is 1. The van der Waals surface area contributed by atoms with Crippen molar-refractivity contribution >= 4 is 0 Å². The van der Waals surface area contributed by atoms with Crippen molar-refractivity contribution in [2.45, 2.75) is 25.9 Å². The first-order chi connectivity index (χ1) is 5.72. The van der Waals surface area contributed by atoms with E-state index < -0.39 is 0 Å². The molecule has 0 fully saturated rings. The van der Waals surface area contributed by atoms with Crippen molar-refractivity contribution in [3.8, 4) is 0 Å². The SMILES string of the molecule is CC(N)Cc1cncc(CN)c1. The van der Waals surface area contributed by atoms with Crippen molar-refractivity contribution in [1.82, 2.24) is 4.98 Å². The van der Waals surface area contributed by atoms with E-state index in [2.05, 4.69) is 11.1 Å². The topological polar surface area (TPSA) is 64.9 Å². The number of pyridine rings is 1. The fourth-order valence-corrected chi connectivity index (χ4v) is 1.14. The minimum Gasteiger partial charge on any atom is -0.328 e. The van der Waals surface area contributed by atoms with Crippen molar-refractivity contribution in [3.63, 3.8) is 0 Å². The molecule has 1 aromatic heterocycles. The molecular formula is C9H15N3. The Bertz CT molecular complexity index is 245. The van der Waals surface area contributed by atoms with Crippen LogP contribution in [0, 0.1) is 0 Å². The molecule has 12 heavy (non-hydrogen) atoms. The highest BCUT2D eigenvalue weighted by Crippen LogP contribution is 2.03. The van der Waals surface area contributed by atoms with Gasteiger partial charge in [-0.15, -0.1) is 0 Å². The van der Waals surface area contributed by atoms with Crippen molar-refractivity contribution in [1.29, 1.82) is 0 Å². The second-order valence-corrected chi connectivity index (χ2v) is 3.09. The Balaban J connectivity index is 2.72. The molecular weight excluding hydrogens is 150 g/mol. The van der Waals surface area contributed by atoms with Gasteiger partial charge in [0.05, 0.1) is 0 Å². The second kappa shape index (κ2) is 4.18. The third-order valence-corrected chi connectivity index (χ3v) is 1.64. The van der Waals surface area contributed by atoms with E-state index in [1.54, 1.807) is 6.20 Å². The van der Waals surface area contributed by atoms with Crippen LogP contribution in [0.5, 0.6) is 0 Å². The first-order valence-corrected chi connectivity index (χ1v) is 4.11. The van der Waals surface area contributed by atoms with Crippen molar-refractivity contribution in [2.75, 3.05) is 0 Å². The molecule has 0 radical (unpaired) electrons. The van der Waals surface area contributed by atoms with Crippen LogP contribution < -0.4 is 11.5 Å². The zero-order chi connectivity index (χ0) is 8.97. The summed E-state index contributed by atoms with van der Waals surface area (Å²) in [7, 11) is 0. The molecule has 3 heteroatoms. The number of rotatable bonds is 3. The molecule has 0 aliphatic carbocycles. The lowest BCUT2D eigenvalue weighted by atomic mass is 10.1. The van der Waals surface area contributed by atoms with Gasteiger partial charge in [-0.05, 0) is 24.5 Å². The van der Waals surface area contributed by atoms with Gasteiger partial charge in [0.25, 0.3) is 0 Å². The molecule has 1 aromatic rings. The Kier molecular flexibility index (Phi) is 3.19. The van der Waals surface area contributed by atoms with Gasteiger partial charge in [0.15, 0.2) is 0 Å². The summed E-state index contributed by atoms with van der Waals surface area (Å²) in [5.41, 5.74) is 13.4. The van der Waals surface area contributed by atoms with E-state index in [1.165, 1.54) is 0 Å². The van der Waals surface area contributed by atoms with Gasteiger partial charge in [0.1, 0.15) is 0 Å². The van der Waals surface area contributed by atoms with Crippen LogP contribution >= 0.6 is 0 Å². The minimum atomic E-state index is 0.180. The molecule has 0 saturated carbocycles. The third-order valence-electron chi connectivity index (χ3n) is 1.64. The highest BCUT2D eigenvalue weighted by molar-refractivity contribution is 5.18. The zero-order valence-electron chi connectivity index (χ0n) is 7.33. The number of nitrogens with two attached hydrogens (primary N) is 2. The molecule has 0 saturated heterocycles. The molecule has 66 valence electrons. The van der Waals surface area contributed by atoms with Gasteiger partial charge in [-0.25, -0.2) is 0 Å². The molecule has 0 amide bonds. The Morgan fingerprint density at radius 1 is 1.42 bits per heavy atom. The summed E-state index contributed by atoms with van der Waals surface area (Å²) in [6.07, 6.45) is 4.48. The van der Waals surface area contributed by atoms with Crippen LogP contribution in [-0.2, 0) is 13.0 Å². The second-order valence-electron chi connectivity index (χ2n) is 3.09. The smallest absolute Gasteiger partial charge is 0.0312 e. The van der Waals surface area contributed by atoms with E-state index in [4.69, 9.17) is 11.5 Å². The molecule has 1 rings (SSSR count). The summed E-state index contributed by atoms with van der Waals surface area (Å²) < 4.78 is 0. The van der Waals surface area contributed by atoms with Crippen LogP contribution in [-0.4, -0.2) is 11.0 Å². The molecule has 0 aliphatic rings. The van der Waals surface area contributed by atoms with Gasteiger partial charge >= 0.3 is 0 Å². The van der Waals surface area contributed by atoms with Crippen molar-refractivity contribution in [3.05, 3.63) is 29.6 Å². The Labute approximate surface area is 72.8 Å². The highest BCUT2D eigenvalue weighted by Gasteiger charge is 1.98. The number of nitrogens with zero attached hydrogens (tertiary/aromatic N) is 1. The monoisotopic (exact) mass is 165 g/mol. The van der Waals surface area contributed by atoms with Crippen LogP contribution in [0.4, 0.5) is 0 Å². The molecule has 3 nitrogen and oxygen atoms in total. The molecule has 1 heterocycles. The summed E-state index contributed by atoms with van der Waals surface area (Å²) in [5, 5.41) is 0. The summed E-state index contributed by atoms with van der Waals surface area (Å²) >= 11 is 0. The van der Waals surface area contributed by atoms with Crippen LogP contribution in [0.15, 0.2) is 18.5 Å². The minimum absolute atomic E-state index is 0.180. The van der Waals surface area contributed by atoms with Crippen molar-refractivity contribution < 1.29 is 0 Å². The van der Waals surface area contributed by atoms with Crippen molar-refractivity contribution in [2.24, 2.45) is 11.5 Å². The van der Waals surface area contributed by atoms with Gasteiger partial charge < -0.3 is 11.5 Å². The van der Waals surface area contributed by atoms with E-state index in [1.807, 2.05) is 13.1 Å². The highest BCUT2D eigenvalue weighted by atomic mass is 14.7. The van der Waals surface area contributed by atoms with Crippen LogP contribution in [0.2, 0.25) is 0 Å². The van der Waals surface area contributed by atoms with E-state index in [-0.39, 0.29) is 6.04 Å². The molecule has 0 spiro atoms. The summed E-state index contributed by atoms with van der Waals surface area (Å²) in [6.45, 7) is 2.52. The standard InChI is InChI=1S/C9H15N3/c1-7(11)2-8-3-9(4-10)6-12-5-8/h3,5-7H,2,4,10-11H2,1H3. The van der Waals surface area contributed by atoms with Gasteiger partial charge in [0, 0.05) is 25.0 Å². The molecule has 0 aliphatic heterocycles. The lowest BCUT2D eigenvalue weighted by Gasteiger charge is -2.05. The molecule has 0 aromatic carbocycles. The zero-order valence-corrected chi connectivity index (χ0v) is 7.33. The lowest BCUT2D eigenvalue weighted by Crippen LogP contribution is -2.18. The molecule has 4 N–H and O–H groups in total.